The third-order valence-corrected chi connectivity index (χ3v) is 2.07. The van der Waals surface area contributed by atoms with Crippen LogP contribution in [0, 0.1) is 6.92 Å². The topological polar surface area (TPSA) is 80.0 Å². The Morgan fingerprint density at radius 2 is 2.31 bits per heavy atom. The molecule has 5 heteroatoms. The average Bonchev–Trinajstić information content (AvgIpc) is 2.22. The van der Waals surface area contributed by atoms with Crippen molar-refractivity contribution in [1.29, 1.82) is 0 Å². The number of hydrogen-bond donors (Lipinski definition) is 3. The van der Waals surface area contributed by atoms with E-state index in [1.54, 1.807) is 6.20 Å². The van der Waals surface area contributed by atoms with Gasteiger partial charge < -0.3 is 16.4 Å². The SMILES string of the molecule is CCNC(=O)CCNc1ncc(C)cc1N. The summed E-state index contributed by atoms with van der Waals surface area (Å²) in [5, 5.41) is 5.76. The van der Waals surface area contributed by atoms with Crippen molar-refractivity contribution in [2.24, 2.45) is 0 Å². The first kappa shape index (κ1) is 12.3. The molecular formula is C11H18N4O. The lowest BCUT2D eigenvalue weighted by Gasteiger charge is -2.08. The molecule has 0 spiro atoms. The van der Waals surface area contributed by atoms with E-state index in [9.17, 15) is 4.79 Å². The predicted octanol–water partition coefficient (Wildman–Crippen LogP) is 0.910. The Kier molecular flexibility index (Phi) is 4.57. The Morgan fingerprint density at radius 3 is 2.94 bits per heavy atom. The Hall–Kier alpha value is -1.78. The second-order valence-electron chi connectivity index (χ2n) is 3.58. The van der Waals surface area contributed by atoms with Gasteiger partial charge in [-0.1, -0.05) is 0 Å². The van der Waals surface area contributed by atoms with Crippen LogP contribution in [0.1, 0.15) is 18.9 Å². The monoisotopic (exact) mass is 222 g/mol. The van der Waals surface area contributed by atoms with Gasteiger partial charge in [0.05, 0.1) is 5.69 Å². The van der Waals surface area contributed by atoms with Crippen LogP contribution in [0.3, 0.4) is 0 Å². The number of hydrogen-bond acceptors (Lipinski definition) is 4. The third kappa shape index (κ3) is 3.76. The lowest BCUT2D eigenvalue weighted by atomic mass is 10.3. The fourth-order valence-electron chi connectivity index (χ4n) is 1.32. The maximum absolute atomic E-state index is 11.2. The molecule has 0 fully saturated rings. The lowest BCUT2D eigenvalue weighted by Crippen LogP contribution is -2.25. The molecule has 0 aliphatic carbocycles. The number of carbonyl (C=O) groups excluding carboxylic acids is 1. The van der Waals surface area contributed by atoms with Crippen molar-refractivity contribution in [2.75, 3.05) is 24.1 Å². The molecule has 0 aliphatic heterocycles. The number of nitrogens with zero attached hydrogens (tertiary/aromatic N) is 1. The van der Waals surface area contributed by atoms with Gasteiger partial charge in [0.1, 0.15) is 5.82 Å². The number of carbonyl (C=O) groups is 1. The number of nitrogens with two attached hydrogens (primary N) is 1. The summed E-state index contributed by atoms with van der Waals surface area (Å²) < 4.78 is 0. The highest BCUT2D eigenvalue weighted by molar-refractivity contribution is 5.76. The summed E-state index contributed by atoms with van der Waals surface area (Å²) in [5.74, 6) is 0.663. The van der Waals surface area contributed by atoms with Crippen molar-refractivity contribution in [3.8, 4) is 0 Å². The molecule has 0 aliphatic rings. The van der Waals surface area contributed by atoms with Gasteiger partial charge in [0, 0.05) is 25.7 Å². The second kappa shape index (κ2) is 5.95. The number of pyridine rings is 1. The van der Waals surface area contributed by atoms with Gasteiger partial charge in [0.25, 0.3) is 0 Å². The molecule has 0 bridgehead atoms. The van der Waals surface area contributed by atoms with Crippen molar-refractivity contribution in [1.82, 2.24) is 10.3 Å². The molecule has 0 unspecified atom stereocenters. The van der Waals surface area contributed by atoms with E-state index in [4.69, 9.17) is 5.73 Å². The standard InChI is InChI=1S/C11H18N4O/c1-3-13-10(16)4-5-14-11-9(12)6-8(2)7-15-11/h6-7H,3-5,12H2,1-2H3,(H,13,16)(H,14,15). The summed E-state index contributed by atoms with van der Waals surface area (Å²) in [7, 11) is 0. The molecule has 1 heterocycles. The van der Waals surface area contributed by atoms with Crippen LogP contribution in [0.2, 0.25) is 0 Å². The van der Waals surface area contributed by atoms with Crippen molar-refractivity contribution in [3.05, 3.63) is 17.8 Å². The van der Waals surface area contributed by atoms with Gasteiger partial charge in [-0.25, -0.2) is 4.98 Å². The highest BCUT2D eigenvalue weighted by Crippen LogP contribution is 2.15. The van der Waals surface area contributed by atoms with Crippen molar-refractivity contribution < 1.29 is 4.79 Å². The van der Waals surface area contributed by atoms with Gasteiger partial charge in [-0.3, -0.25) is 4.79 Å². The van der Waals surface area contributed by atoms with Crippen LogP contribution in [0.25, 0.3) is 0 Å². The Labute approximate surface area is 95.4 Å². The van der Waals surface area contributed by atoms with Crippen LogP contribution < -0.4 is 16.4 Å². The first-order valence-corrected chi connectivity index (χ1v) is 5.36. The van der Waals surface area contributed by atoms with E-state index in [0.717, 1.165) is 5.56 Å². The molecule has 88 valence electrons. The highest BCUT2D eigenvalue weighted by atomic mass is 16.1. The predicted molar refractivity (Wildman–Crippen MR) is 65.2 cm³/mol. The minimum absolute atomic E-state index is 0.0284. The van der Waals surface area contributed by atoms with Crippen LogP contribution in [-0.4, -0.2) is 24.0 Å². The summed E-state index contributed by atoms with van der Waals surface area (Å²) in [6, 6.07) is 1.85. The average molecular weight is 222 g/mol. The number of anilines is 2. The molecule has 0 saturated carbocycles. The number of aromatic nitrogens is 1. The molecule has 0 atom stereocenters. The third-order valence-electron chi connectivity index (χ3n) is 2.07. The van der Waals surface area contributed by atoms with E-state index in [-0.39, 0.29) is 5.91 Å². The molecule has 1 amide bonds. The van der Waals surface area contributed by atoms with Crippen molar-refractivity contribution in [2.45, 2.75) is 20.3 Å². The van der Waals surface area contributed by atoms with Crippen molar-refractivity contribution in [3.63, 3.8) is 0 Å². The number of nitrogen functional groups attached to an aromatic ring is 1. The molecule has 0 saturated heterocycles. The summed E-state index contributed by atoms with van der Waals surface area (Å²) in [5.41, 5.74) is 7.40. The number of aryl methyl sites for hydroxylation is 1. The highest BCUT2D eigenvalue weighted by Gasteiger charge is 2.02. The molecule has 5 nitrogen and oxygen atoms in total. The van der Waals surface area contributed by atoms with Crippen LogP contribution in [0.5, 0.6) is 0 Å². The van der Waals surface area contributed by atoms with Gasteiger partial charge in [0.15, 0.2) is 0 Å². The fraction of sp³-hybridized carbons (Fsp3) is 0.455. The molecule has 0 aromatic carbocycles. The largest absolute Gasteiger partial charge is 0.396 e. The quantitative estimate of drug-likeness (QED) is 0.691. The molecule has 1 aromatic rings. The first-order valence-electron chi connectivity index (χ1n) is 5.36. The summed E-state index contributed by atoms with van der Waals surface area (Å²) >= 11 is 0. The van der Waals surface area contributed by atoms with Gasteiger partial charge >= 0.3 is 0 Å². The van der Waals surface area contributed by atoms with Crippen LogP contribution >= 0.6 is 0 Å². The van der Waals surface area contributed by atoms with Gasteiger partial charge in [-0.2, -0.15) is 0 Å². The van der Waals surface area contributed by atoms with Crippen LogP contribution in [0.4, 0.5) is 11.5 Å². The van der Waals surface area contributed by atoms with E-state index in [0.29, 0.717) is 31.0 Å². The molecule has 0 radical (unpaired) electrons. The Morgan fingerprint density at radius 1 is 1.56 bits per heavy atom. The number of rotatable bonds is 5. The Balaban J connectivity index is 2.40. The van der Waals surface area contributed by atoms with Gasteiger partial charge in [-0.15, -0.1) is 0 Å². The number of nitrogens with one attached hydrogen (secondary N) is 2. The van der Waals surface area contributed by atoms with Gasteiger partial charge in [-0.05, 0) is 25.5 Å². The minimum Gasteiger partial charge on any atom is -0.396 e. The van der Waals surface area contributed by atoms with E-state index in [1.807, 2.05) is 19.9 Å². The zero-order valence-corrected chi connectivity index (χ0v) is 9.71. The fourth-order valence-corrected chi connectivity index (χ4v) is 1.32. The second-order valence-corrected chi connectivity index (χ2v) is 3.58. The van der Waals surface area contributed by atoms with E-state index in [1.165, 1.54) is 0 Å². The maximum atomic E-state index is 11.2. The molecule has 1 rings (SSSR count). The van der Waals surface area contributed by atoms with E-state index in [2.05, 4.69) is 15.6 Å². The summed E-state index contributed by atoms with van der Waals surface area (Å²) in [6.45, 7) is 5.02. The normalized spacial score (nSPS) is 9.88. The summed E-state index contributed by atoms with van der Waals surface area (Å²) in [4.78, 5) is 15.3. The minimum atomic E-state index is 0.0284. The molecule has 4 N–H and O–H groups in total. The van der Waals surface area contributed by atoms with E-state index >= 15 is 0 Å². The van der Waals surface area contributed by atoms with Crippen LogP contribution in [0.15, 0.2) is 12.3 Å². The number of amides is 1. The van der Waals surface area contributed by atoms with E-state index < -0.39 is 0 Å². The Bertz CT molecular complexity index is 365. The molecule has 16 heavy (non-hydrogen) atoms. The molecule has 1 aromatic heterocycles. The van der Waals surface area contributed by atoms with Crippen molar-refractivity contribution >= 4 is 17.4 Å². The lowest BCUT2D eigenvalue weighted by molar-refractivity contribution is -0.120. The van der Waals surface area contributed by atoms with Crippen LogP contribution in [-0.2, 0) is 4.79 Å². The zero-order valence-electron chi connectivity index (χ0n) is 9.71. The molecular weight excluding hydrogens is 204 g/mol. The summed E-state index contributed by atoms with van der Waals surface area (Å²) in [6.07, 6.45) is 2.16. The van der Waals surface area contributed by atoms with Gasteiger partial charge in [0.2, 0.25) is 5.91 Å². The smallest absolute Gasteiger partial charge is 0.221 e. The zero-order chi connectivity index (χ0) is 12.0. The first-order chi connectivity index (χ1) is 7.63. The maximum Gasteiger partial charge on any atom is 0.221 e.